The second kappa shape index (κ2) is 9.69. The van der Waals surface area contributed by atoms with Gasteiger partial charge in [-0.3, -0.25) is 4.79 Å². The lowest BCUT2D eigenvalue weighted by Gasteiger charge is -2.18. The van der Waals surface area contributed by atoms with Gasteiger partial charge in [0.25, 0.3) is 0 Å². The molecule has 30 heavy (non-hydrogen) atoms. The van der Waals surface area contributed by atoms with Crippen LogP contribution < -0.4 is 15.6 Å². The highest BCUT2D eigenvalue weighted by molar-refractivity contribution is 6.31. The van der Waals surface area contributed by atoms with E-state index in [9.17, 15) is 13.6 Å². The molecule has 6 nitrogen and oxygen atoms in total. The third kappa shape index (κ3) is 5.14. The smallest absolute Gasteiger partial charge is 0.345 e. The second-order valence-corrected chi connectivity index (χ2v) is 6.85. The largest absolute Gasteiger partial charge is 0.490 e. The molecule has 0 unspecified atom stereocenters. The van der Waals surface area contributed by atoms with Crippen LogP contribution >= 0.6 is 11.6 Å². The van der Waals surface area contributed by atoms with E-state index in [1.165, 1.54) is 13.3 Å². The van der Waals surface area contributed by atoms with Crippen molar-refractivity contribution < 1.29 is 18.3 Å². The van der Waals surface area contributed by atoms with Crippen molar-refractivity contribution in [2.45, 2.75) is 26.7 Å². The predicted octanol–water partition coefficient (Wildman–Crippen LogP) is 4.74. The summed E-state index contributed by atoms with van der Waals surface area (Å²) in [7, 11) is 1.38. The molecule has 0 spiro atoms. The fourth-order valence-electron chi connectivity index (χ4n) is 2.89. The zero-order valence-electron chi connectivity index (χ0n) is 16.4. The summed E-state index contributed by atoms with van der Waals surface area (Å²) in [6.45, 7) is -1.02. The summed E-state index contributed by atoms with van der Waals surface area (Å²) < 4.78 is 36.2. The van der Waals surface area contributed by atoms with Crippen LogP contribution in [0.15, 0.2) is 53.5 Å². The zero-order valence-corrected chi connectivity index (χ0v) is 17.1. The van der Waals surface area contributed by atoms with Crippen LogP contribution in [0.4, 0.5) is 20.4 Å². The molecular formula is C21H20ClF2N3O3. The molecular weight excluding hydrogens is 416 g/mol. The number of nitrogens with zero attached hydrogens (tertiary/aromatic N) is 2. The number of rotatable bonds is 8. The summed E-state index contributed by atoms with van der Waals surface area (Å²) >= 11 is 6.19. The van der Waals surface area contributed by atoms with E-state index in [1.807, 2.05) is 13.0 Å². The number of aromatic nitrogens is 2. The normalized spacial score (nSPS) is 11.0. The quantitative estimate of drug-likeness (QED) is 0.553. The lowest BCUT2D eigenvalue weighted by molar-refractivity contribution is -0.137. The summed E-state index contributed by atoms with van der Waals surface area (Å²) in [6, 6.07) is 12.4. The number of benzene rings is 2. The van der Waals surface area contributed by atoms with Gasteiger partial charge in [-0.2, -0.15) is 13.8 Å². The average Bonchev–Trinajstić information content (AvgIpc) is 2.72. The van der Waals surface area contributed by atoms with Gasteiger partial charge in [-0.1, -0.05) is 41.9 Å². The Balaban J connectivity index is 2.00. The first-order valence-electron chi connectivity index (χ1n) is 9.03. The van der Waals surface area contributed by atoms with Crippen LogP contribution in [0.25, 0.3) is 0 Å². The topological polar surface area (TPSA) is 65.4 Å². The summed E-state index contributed by atoms with van der Waals surface area (Å²) in [5.74, 6) is 0.320. The molecule has 0 saturated carbocycles. The Morgan fingerprint density at radius 1 is 1.17 bits per heavy atom. The number of halogens is 3. The van der Waals surface area contributed by atoms with Crippen molar-refractivity contribution >= 4 is 23.2 Å². The molecule has 0 bridgehead atoms. The van der Waals surface area contributed by atoms with E-state index in [-0.39, 0.29) is 24.8 Å². The van der Waals surface area contributed by atoms with Gasteiger partial charge in [0.1, 0.15) is 0 Å². The summed E-state index contributed by atoms with van der Waals surface area (Å²) in [5.41, 5.74) is 2.27. The lowest BCUT2D eigenvalue weighted by atomic mass is 10.1. The first-order chi connectivity index (χ1) is 14.4. The molecule has 3 rings (SSSR count). The summed E-state index contributed by atoms with van der Waals surface area (Å²) in [4.78, 5) is 16.3. The van der Waals surface area contributed by atoms with Gasteiger partial charge in [-0.05, 0) is 35.7 Å². The average molecular weight is 436 g/mol. The standard InChI is InChI=1S/C21H20ClF2N3O3/c1-13-16(22)8-5-9-17(13)25-21-26-19(28)18(29-2)11-27(21)10-14-6-3-4-7-15(14)12-30-20(23)24/h3-9,11,20H,10,12H2,1-2H3,(H,25,26,28). The molecule has 0 saturated heterocycles. The van der Waals surface area contributed by atoms with E-state index in [0.717, 1.165) is 11.1 Å². The SMILES string of the molecule is COc1cn(Cc2ccccc2COC(F)F)c(Nc2cccc(Cl)c2C)nc1=O. The number of alkyl halides is 2. The van der Waals surface area contributed by atoms with Crippen molar-refractivity contribution in [3.8, 4) is 5.75 Å². The summed E-state index contributed by atoms with van der Waals surface area (Å²) in [5, 5.41) is 3.69. The molecule has 0 aliphatic carbocycles. The maximum atomic E-state index is 12.5. The molecule has 0 aliphatic rings. The Labute approximate surface area is 177 Å². The van der Waals surface area contributed by atoms with Gasteiger partial charge >= 0.3 is 12.2 Å². The van der Waals surface area contributed by atoms with Crippen molar-refractivity contribution in [2.75, 3.05) is 12.4 Å². The molecule has 3 aromatic rings. The van der Waals surface area contributed by atoms with Crippen molar-refractivity contribution in [3.63, 3.8) is 0 Å². The first-order valence-corrected chi connectivity index (χ1v) is 9.41. The third-order valence-corrected chi connectivity index (χ3v) is 4.93. The van der Waals surface area contributed by atoms with Crippen LogP contribution in [0.2, 0.25) is 5.02 Å². The molecule has 0 amide bonds. The minimum atomic E-state index is -2.87. The van der Waals surface area contributed by atoms with E-state index in [0.29, 0.717) is 16.3 Å². The Hall–Kier alpha value is -2.97. The molecule has 2 aromatic carbocycles. The monoisotopic (exact) mass is 435 g/mol. The fourth-order valence-corrected chi connectivity index (χ4v) is 3.06. The van der Waals surface area contributed by atoms with Crippen molar-refractivity contribution in [3.05, 3.63) is 80.7 Å². The molecule has 0 aliphatic heterocycles. The van der Waals surface area contributed by atoms with Crippen molar-refractivity contribution in [2.24, 2.45) is 0 Å². The minimum Gasteiger partial charge on any atom is -0.490 e. The van der Waals surface area contributed by atoms with E-state index < -0.39 is 12.2 Å². The van der Waals surface area contributed by atoms with Crippen LogP contribution in [-0.4, -0.2) is 23.3 Å². The maximum Gasteiger partial charge on any atom is 0.345 e. The Morgan fingerprint density at radius 3 is 2.60 bits per heavy atom. The third-order valence-electron chi connectivity index (χ3n) is 4.52. The van der Waals surface area contributed by atoms with Crippen molar-refractivity contribution in [1.82, 2.24) is 9.55 Å². The van der Waals surface area contributed by atoms with Gasteiger partial charge in [0.2, 0.25) is 11.7 Å². The number of ether oxygens (including phenoxy) is 2. The van der Waals surface area contributed by atoms with Gasteiger partial charge < -0.3 is 19.4 Å². The Bertz CT molecular complexity index is 1090. The van der Waals surface area contributed by atoms with E-state index in [4.69, 9.17) is 16.3 Å². The van der Waals surface area contributed by atoms with E-state index >= 15 is 0 Å². The molecule has 1 heterocycles. The Morgan fingerprint density at radius 2 is 1.90 bits per heavy atom. The number of anilines is 2. The number of hydrogen-bond acceptors (Lipinski definition) is 5. The van der Waals surface area contributed by atoms with Gasteiger partial charge in [0.05, 0.1) is 26.5 Å². The lowest BCUT2D eigenvalue weighted by Crippen LogP contribution is -2.19. The predicted molar refractivity (Wildman–Crippen MR) is 111 cm³/mol. The van der Waals surface area contributed by atoms with E-state index in [2.05, 4.69) is 15.0 Å². The van der Waals surface area contributed by atoms with Gasteiger partial charge in [0, 0.05) is 10.7 Å². The van der Waals surface area contributed by atoms with Crippen LogP contribution in [0.3, 0.4) is 0 Å². The molecule has 0 atom stereocenters. The number of methoxy groups -OCH3 is 1. The highest BCUT2D eigenvalue weighted by Gasteiger charge is 2.14. The maximum absolute atomic E-state index is 12.5. The Kier molecular flexibility index (Phi) is 7.02. The highest BCUT2D eigenvalue weighted by Crippen LogP contribution is 2.26. The molecule has 0 fully saturated rings. The first kappa shape index (κ1) is 21.7. The van der Waals surface area contributed by atoms with Crippen LogP contribution in [0.5, 0.6) is 5.75 Å². The molecule has 1 aromatic heterocycles. The fraction of sp³-hybridized carbons (Fsp3) is 0.238. The number of nitrogens with one attached hydrogen (secondary N) is 1. The second-order valence-electron chi connectivity index (χ2n) is 6.44. The summed E-state index contributed by atoms with van der Waals surface area (Å²) in [6.07, 6.45) is 1.52. The van der Waals surface area contributed by atoms with Crippen LogP contribution in [0, 0.1) is 6.92 Å². The molecule has 1 N–H and O–H groups in total. The molecule has 0 radical (unpaired) electrons. The van der Waals surface area contributed by atoms with E-state index in [1.54, 1.807) is 41.0 Å². The van der Waals surface area contributed by atoms with Crippen LogP contribution in [-0.2, 0) is 17.9 Å². The molecule has 158 valence electrons. The van der Waals surface area contributed by atoms with Crippen molar-refractivity contribution in [1.29, 1.82) is 0 Å². The van der Waals surface area contributed by atoms with Gasteiger partial charge in [-0.15, -0.1) is 0 Å². The van der Waals surface area contributed by atoms with Gasteiger partial charge in [0.15, 0.2) is 0 Å². The molecule has 9 heteroatoms. The minimum absolute atomic E-state index is 0.0599. The number of hydrogen-bond donors (Lipinski definition) is 1. The zero-order chi connectivity index (χ0) is 21.7. The van der Waals surface area contributed by atoms with Crippen LogP contribution in [0.1, 0.15) is 16.7 Å². The van der Waals surface area contributed by atoms with Gasteiger partial charge in [-0.25, -0.2) is 0 Å². The highest BCUT2D eigenvalue weighted by atomic mass is 35.5.